The van der Waals surface area contributed by atoms with Crippen LogP contribution in [0.4, 0.5) is 0 Å². The highest BCUT2D eigenvalue weighted by atomic mass is 32.2. The first-order chi connectivity index (χ1) is 17.0. The predicted molar refractivity (Wildman–Crippen MR) is 133 cm³/mol. The summed E-state index contributed by atoms with van der Waals surface area (Å²) in [7, 11) is 0.674. The van der Waals surface area contributed by atoms with Crippen LogP contribution in [-0.2, 0) is 14.3 Å². The Hall–Kier alpha value is -3.02. The van der Waals surface area contributed by atoms with Gasteiger partial charge in [0.15, 0.2) is 23.1 Å². The van der Waals surface area contributed by atoms with Crippen LogP contribution in [0.1, 0.15) is 24.3 Å². The first-order valence-corrected chi connectivity index (χ1v) is 12.6. The molecule has 1 aliphatic heterocycles. The third-order valence-electron chi connectivity index (χ3n) is 6.28. The van der Waals surface area contributed by atoms with Gasteiger partial charge in [-0.25, -0.2) is 0 Å². The second kappa shape index (κ2) is 9.92. The van der Waals surface area contributed by atoms with Crippen LogP contribution in [0.15, 0.2) is 53.6 Å². The van der Waals surface area contributed by atoms with Crippen molar-refractivity contribution in [2.75, 3.05) is 12.4 Å². The van der Waals surface area contributed by atoms with Gasteiger partial charge in [-0.2, -0.15) is 0 Å². The van der Waals surface area contributed by atoms with Crippen LogP contribution < -0.4 is 5.72 Å². The van der Waals surface area contributed by atoms with Gasteiger partial charge in [0.1, 0.15) is 19.0 Å². The normalized spacial score (nSPS) is 20.4. The number of hydrogen-bond acceptors (Lipinski definition) is 9. The first-order valence-electron chi connectivity index (χ1n) is 11.6. The molecule has 182 valence electrons. The lowest BCUT2D eigenvalue weighted by molar-refractivity contribution is -0.147. The number of carbonyl (C=O) groups is 1. The monoisotopic (exact) mass is 495 g/mol. The van der Waals surface area contributed by atoms with Crippen molar-refractivity contribution in [3.63, 3.8) is 0 Å². The zero-order valence-electron chi connectivity index (χ0n) is 19.2. The van der Waals surface area contributed by atoms with E-state index in [1.807, 2.05) is 17.5 Å². The van der Waals surface area contributed by atoms with E-state index in [1.165, 1.54) is 35.6 Å². The molecule has 9 nitrogen and oxygen atoms in total. The molecule has 0 amide bonds. The van der Waals surface area contributed by atoms with E-state index in [2.05, 4.69) is 40.5 Å². The molecule has 2 aliphatic rings. The van der Waals surface area contributed by atoms with Gasteiger partial charge in [-0.15, -0.1) is 10.2 Å². The van der Waals surface area contributed by atoms with Gasteiger partial charge in [0.25, 0.3) is 0 Å². The first kappa shape index (κ1) is 23.7. The Bertz CT molecular complexity index is 1280. The minimum atomic E-state index is -1.36. The van der Waals surface area contributed by atoms with Crippen molar-refractivity contribution in [3.05, 3.63) is 54.0 Å². The molecule has 11 heteroatoms. The van der Waals surface area contributed by atoms with E-state index in [1.54, 1.807) is 0 Å². The highest BCUT2D eigenvalue weighted by molar-refractivity contribution is 7.99. The van der Waals surface area contributed by atoms with Gasteiger partial charge in [0.2, 0.25) is 7.28 Å². The van der Waals surface area contributed by atoms with Crippen molar-refractivity contribution in [2.45, 2.75) is 49.1 Å². The van der Waals surface area contributed by atoms with Crippen molar-refractivity contribution in [1.29, 1.82) is 0 Å². The van der Waals surface area contributed by atoms with Crippen LogP contribution in [0.25, 0.3) is 16.5 Å². The molecule has 1 aromatic heterocycles. The van der Waals surface area contributed by atoms with E-state index in [4.69, 9.17) is 9.47 Å². The molecule has 1 fully saturated rings. The lowest BCUT2D eigenvalue weighted by atomic mass is 9.81. The van der Waals surface area contributed by atoms with E-state index < -0.39 is 24.3 Å². The Morgan fingerprint density at radius 2 is 2.03 bits per heavy atom. The van der Waals surface area contributed by atoms with Crippen LogP contribution in [0, 0.1) is 0 Å². The van der Waals surface area contributed by atoms with Crippen LogP contribution in [0.3, 0.4) is 0 Å². The summed E-state index contributed by atoms with van der Waals surface area (Å²) in [6.45, 7) is 1.64. The maximum atomic E-state index is 12.4. The maximum Gasteiger partial charge on any atom is 0.316 e. The molecule has 0 radical (unpaired) electrons. The topological polar surface area (TPSA) is 127 Å². The summed E-state index contributed by atoms with van der Waals surface area (Å²) in [6, 6.07) is 12.6. The number of esters is 1. The van der Waals surface area contributed by atoms with Crippen molar-refractivity contribution in [2.24, 2.45) is 0 Å². The molecular formula is C24H26BN3O6S. The second-order valence-corrected chi connectivity index (χ2v) is 9.65. The summed E-state index contributed by atoms with van der Waals surface area (Å²) < 4.78 is 12.2. The van der Waals surface area contributed by atoms with E-state index in [0.29, 0.717) is 18.4 Å². The minimum absolute atomic E-state index is 0.0375. The molecule has 1 saturated carbocycles. The number of benzene rings is 2. The van der Waals surface area contributed by atoms with E-state index in [9.17, 15) is 20.1 Å². The average molecular weight is 495 g/mol. The van der Waals surface area contributed by atoms with Gasteiger partial charge in [0, 0.05) is 5.39 Å². The largest absolute Gasteiger partial charge is 0.506 e. The number of rotatable bonds is 9. The molecule has 3 N–H and O–H groups in total. The Morgan fingerprint density at radius 3 is 2.71 bits per heavy atom. The van der Waals surface area contributed by atoms with Gasteiger partial charge in [-0.3, -0.25) is 9.36 Å². The molecule has 5 rings (SSSR count). The second-order valence-electron chi connectivity index (χ2n) is 8.71. The van der Waals surface area contributed by atoms with E-state index in [0.717, 1.165) is 23.1 Å². The molecule has 3 atom stereocenters. The molecule has 3 unspecified atom stereocenters. The number of carbonyl (C=O) groups excluding carboxylic acids is 1. The molecule has 2 heterocycles. The van der Waals surface area contributed by atoms with Gasteiger partial charge in [-0.1, -0.05) is 48.9 Å². The highest BCUT2D eigenvalue weighted by Gasteiger charge is 2.36. The van der Waals surface area contributed by atoms with Crippen LogP contribution >= 0.6 is 11.8 Å². The lowest BCUT2D eigenvalue weighted by Gasteiger charge is -2.20. The SMILES string of the molecule is CBc1nnc(SCC(=O)OCC(O)C2OC=C(O)C2O)n1-c1ccc(C2CC2)c2ccccc12. The third kappa shape index (κ3) is 4.76. The molecule has 0 spiro atoms. The van der Waals surface area contributed by atoms with Gasteiger partial charge >= 0.3 is 5.97 Å². The number of aromatic nitrogens is 3. The highest BCUT2D eigenvalue weighted by Crippen LogP contribution is 2.44. The van der Waals surface area contributed by atoms with Crippen molar-refractivity contribution >= 4 is 41.5 Å². The number of nitrogens with zero attached hydrogens (tertiary/aromatic N) is 3. The van der Waals surface area contributed by atoms with Crippen LogP contribution in [-0.4, -0.2) is 74.0 Å². The molecule has 0 bridgehead atoms. The fourth-order valence-electron chi connectivity index (χ4n) is 4.32. The van der Waals surface area contributed by atoms with E-state index >= 15 is 0 Å². The molecular weight excluding hydrogens is 469 g/mol. The fraction of sp³-hybridized carbons (Fsp3) is 0.375. The zero-order valence-corrected chi connectivity index (χ0v) is 20.0. The summed E-state index contributed by atoms with van der Waals surface area (Å²) >= 11 is 1.20. The van der Waals surface area contributed by atoms with Crippen LogP contribution in [0.2, 0.25) is 6.82 Å². The molecule has 0 saturated heterocycles. The predicted octanol–water partition coefficient (Wildman–Crippen LogP) is 1.56. The summed E-state index contributed by atoms with van der Waals surface area (Å²) in [5.41, 5.74) is 3.13. The lowest BCUT2D eigenvalue weighted by Crippen LogP contribution is -2.39. The Kier molecular flexibility index (Phi) is 6.72. The number of hydrogen-bond donors (Lipinski definition) is 3. The van der Waals surface area contributed by atoms with Crippen molar-refractivity contribution in [1.82, 2.24) is 14.8 Å². The number of aliphatic hydroxyl groups is 3. The standard InChI is InChI=1S/C24H26BN3O6S/c1-25-23-26-27-24(35-12-20(31)33-11-19(30)22-21(32)18(29)10-34-22)28(23)17-9-8-14(13-6-7-13)15-4-2-3-5-16(15)17/h2-5,8-10,13,19,21-22,25,29-30,32H,6-7,11-12H2,1H3. The minimum Gasteiger partial charge on any atom is -0.506 e. The van der Waals surface area contributed by atoms with Crippen molar-refractivity contribution < 1.29 is 29.6 Å². The maximum absolute atomic E-state index is 12.4. The van der Waals surface area contributed by atoms with Crippen LogP contribution in [0.5, 0.6) is 0 Å². The molecule has 35 heavy (non-hydrogen) atoms. The number of thioether (sulfide) groups is 1. The third-order valence-corrected chi connectivity index (χ3v) is 7.19. The molecule has 1 aliphatic carbocycles. The van der Waals surface area contributed by atoms with Gasteiger partial charge in [-0.05, 0) is 35.8 Å². The quantitative estimate of drug-likeness (QED) is 0.230. The zero-order chi connectivity index (χ0) is 24.5. The Balaban J connectivity index is 1.30. The van der Waals surface area contributed by atoms with Gasteiger partial charge in [0.05, 0.1) is 17.2 Å². The smallest absolute Gasteiger partial charge is 0.316 e. The number of aliphatic hydroxyl groups excluding tert-OH is 3. The van der Waals surface area contributed by atoms with E-state index in [-0.39, 0.29) is 18.1 Å². The fourth-order valence-corrected chi connectivity index (χ4v) is 5.08. The average Bonchev–Trinajstić information content (AvgIpc) is 3.55. The Morgan fingerprint density at radius 1 is 1.26 bits per heavy atom. The number of ether oxygens (including phenoxy) is 2. The Labute approximate surface area is 207 Å². The van der Waals surface area contributed by atoms with Gasteiger partial charge < -0.3 is 24.8 Å². The number of fused-ring (bicyclic) bond motifs is 1. The van der Waals surface area contributed by atoms with Crippen molar-refractivity contribution in [3.8, 4) is 5.69 Å². The summed E-state index contributed by atoms with van der Waals surface area (Å²) in [5, 5.41) is 40.9. The molecule has 2 aromatic carbocycles. The summed E-state index contributed by atoms with van der Waals surface area (Å²) in [6.07, 6.45) is -0.320. The summed E-state index contributed by atoms with van der Waals surface area (Å²) in [5.74, 6) is -0.348. The summed E-state index contributed by atoms with van der Waals surface area (Å²) in [4.78, 5) is 12.4. The molecule has 3 aromatic rings.